The fraction of sp³-hybridized carbons (Fsp3) is 0.0769. The molecule has 0 saturated heterocycles. The standard InChI is InChI=1S/C13H12N6O4S/c1-8-11(12(20)17-13(21)16-8)24(22,23)18-9-2-4-10(5-3-9)19-7-14-6-15-19/h2-7,18H,1H3,(H2,16,17,20,21). The third-order valence-corrected chi connectivity index (χ3v) is 4.68. The van der Waals surface area contributed by atoms with Crippen LogP contribution in [-0.4, -0.2) is 33.2 Å². The van der Waals surface area contributed by atoms with Gasteiger partial charge in [-0.05, 0) is 31.2 Å². The van der Waals surface area contributed by atoms with Gasteiger partial charge in [0.15, 0.2) is 4.90 Å². The van der Waals surface area contributed by atoms with Crippen LogP contribution in [0.25, 0.3) is 5.69 Å². The molecule has 0 unspecified atom stereocenters. The van der Waals surface area contributed by atoms with E-state index >= 15 is 0 Å². The molecule has 0 fully saturated rings. The monoisotopic (exact) mass is 348 g/mol. The maximum absolute atomic E-state index is 12.4. The zero-order chi connectivity index (χ0) is 17.3. The lowest BCUT2D eigenvalue weighted by Gasteiger charge is -2.09. The summed E-state index contributed by atoms with van der Waals surface area (Å²) >= 11 is 0. The van der Waals surface area contributed by atoms with Crippen molar-refractivity contribution in [2.75, 3.05) is 4.72 Å². The first kappa shape index (κ1) is 15.7. The van der Waals surface area contributed by atoms with Gasteiger partial charge >= 0.3 is 5.69 Å². The molecule has 0 saturated carbocycles. The molecule has 10 nitrogen and oxygen atoms in total. The summed E-state index contributed by atoms with van der Waals surface area (Å²) in [5.74, 6) is 0. The normalized spacial score (nSPS) is 11.4. The summed E-state index contributed by atoms with van der Waals surface area (Å²) in [6.07, 6.45) is 2.88. The van der Waals surface area contributed by atoms with Crippen LogP contribution in [0.1, 0.15) is 5.69 Å². The number of aromatic nitrogens is 5. The maximum atomic E-state index is 12.4. The van der Waals surface area contributed by atoms with Crippen molar-refractivity contribution in [1.82, 2.24) is 24.7 Å². The zero-order valence-electron chi connectivity index (χ0n) is 12.3. The third-order valence-electron chi connectivity index (χ3n) is 3.15. The third kappa shape index (κ3) is 2.96. The quantitative estimate of drug-likeness (QED) is 0.593. The molecule has 3 N–H and O–H groups in total. The molecule has 2 aromatic heterocycles. The number of aromatic amines is 2. The van der Waals surface area contributed by atoms with Gasteiger partial charge in [0, 0.05) is 11.4 Å². The van der Waals surface area contributed by atoms with Crippen molar-refractivity contribution in [1.29, 1.82) is 0 Å². The molecule has 1 aromatic carbocycles. The molecule has 3 aromatic rings. The Morgan fingerprint density at radius 2 is 1.83 bits per heavy atom. The number of hydrogen-bond donors (Lipinski definition) is 3. The lowest BCUT2D eigenvalue weighted by Crippen LogP contribution is -2.31. The van der Waals surface area contributed by atoms with Crippen LogP contribution in [0.3, 0.4) is 0 Å². The Kier molecular flexibility index (Phi) is 3.77. The average molecular weight is 348 g/mol. The first-order valence-electron chi connectivity index (χ1n) is 6.68. The molecule has 124 valence electrons. The number of aryl methyl sites for hydroxylation is 1. The zero-order valence-corrected chi connectivity index (χ0v) is 13.2. The molecule has 0 atom stereocenters. The predicted molar refractivity (Wildman–Crippen MR) is 84.6 cm³/mol. The Morgan fingerprint density at radius 3 is 2.42 bits per heavy atom. The van der Waals surface area contributed by atoms with Crippen molar-refractivity contribution < 1.29 is 8.42 Å². The van der Waals surface area contributed by atoms with Crippen LogP contribution in [0, 0.1) is 6.92 Å². The predicted octanol–water partition coefficient (Wildman–Crippen LogP) is -0.247. The molecule has 0 aliphatic rings. The second kappa shape index (κ2) is 5.77. The van der Waals surface area contributed by atoms with E-state index in [1.165, 1.54) is 36.4 Å². The summed E-state index contributed by atoms with van der Waals surface area (Å²) < 4.78 is 28.6. The highest BCUT2D eigenvalue weighted by Gasteiger charge is 2.22. The van der Waals surface area contributed by atoms with E-state index in [4.69, 9.17) is 0 Å². The first-order chi connectivity index (χ1) is 11.4. The van der Waals surface area contributed by atoms with Gasteiger partial charge in [0.2, 0.25) is 0 Å². The highest BCUT2D eigenvalue weighted by atomic mass is 32.2. The van der Waals surface area contributed by atoms with Crippen molar-refractivity contribution in [3.8, 4) is 5.69 Å². The SMILES string of the molecule is Cc1[nH]c(=O)[nH]c(=O)c1S(=O)(=O)Nc1ccc(-n2cncn2)cc1. The maximum Gasteiger partial charge on any atom is 0.325 e. The van der Waals surface area contributed by atoms with Gasteiger partial charge < -0.3 is 4.98 Å². The molecular weight excluding hydrogens is 336 g/mol. The highest BCUT2D eigenvalue weighted by Crippen LogP contribution is 2.16. The molecule has 24 heavy (non-hydrogen) atoms. The van der Waals surface area contributed by atoms with E-state index in [9.17, 15) is 18.0 Å². The second-order valence-corrected chi connectivity index (χ2v) is 6.47. The van der Waals surface area contributed by atoms with Crippen LogP contribution in [0.4, 0.5) is 5.69 Å². The summed E-state index contributed by atoms with van der Waals surface area (Å²) in [5, 5.41) is 3.96. The van der Waals surface area contributed by atoms with Crippen molar-refractivity contribution in [3.63, 3.8) is 0 Å². The summed E-state index contributed by atoms with van der Waals surface area (Å²) in [6, 6.07) is 6.31. The van der Waals surface area contributed by atoms with E-state index in [2.05, 4.69) is 19.8 Å². The number of sulfonamides is 1. The smallest absolute Gasteiger partial charge is 0.310 e. The van der Waals surface area contributed by atoms with Gasteiger partial charge in [-0.25, -0.2) is 22.9 Å². The van der Waals surface area contributed by atoms with E-state index in [0.29, 0.717) is 5.69 Å². The molecule has 0 radical (unpaired) electrons. The highest BCUT2D eigenvalue weighted by molar-refractivity contribution is 7.92. The van der Waals surface area contributed by atoms with E-state index in [-0.39, 0.29) is 11.4 Å². The number of benzene rings is 1. The van der Waals surface area contributed by atoms with Crippen LogP contribution < -0.4 is 16.0 Å². The summed E-state index contributed by atoms with van der Waals surface area (Å²) in [6.45, 7) is 1.33. The van der Waals surface area contributed by atoms with Crippen molar-refractivity contribution in [3.05, 3.63) is 63.5 Å². The molecule has 0 spiro atoms. The van der Waals surface area contributed by atoms with Crippen molar-refractivity contribution in [2.45, 2.75) is 11.8 Å². The van der Waals surface area contributed by atoms with Gasteiger partial charge in [0.1, 0.15) is 12.7 Å². The molecule has 0 bridgehead atoms. The Labute approximate surface area is 135 Å². The molecule has 0 amide bonds. The Hall–Kier alpha value is -3.21. The van der Waals surface area contributed by atoms with Crippen molar-refractivity contribution in [2.24, 2.45) is 0 Å². The minimum atomic E-state index is -4.16. The van der Waals surface area contributed by atoms with Gasteiger partial charge in [0.05, 0.1) is 5.69 Å². The summed E-state index contributed by atoms with van der Waals surface area (Å²) in [5.41, 5.74) is -0.857. The molecule has 0 aliphatic heterocycles. The van der Waals surface area contributed by atoms with Crippen molar-refractivity contribution >= 4 is 15.7 Å². The Morgan fingerprint density at radius 1 is 1.12 bits per heavy atom. The minimum absolute atomic E-state index is 0.0458. The van der Waals surface area contributed by atoms with Crippen LogP contribution in [0.2, 0.25) is 0 Å². The number of anilines is 1. The minimum Gasteiger partial charge on any atom is -0.310 e. The Bertz CT molecular complexity index is 1080. The van der Waals surface area contributed by atoms with Gasteiger partial charge in [-0.3, -0.25) is 14.5 Å². The fourth-order valence-electron chi connectivity index (χ4n) is 2.14. The summed E-state index contributed by atoms with van der Waals surface area (Å²) in [4.78, 5) is 30.4. The largest absolute Gasteiger partial charge is 0.325 e. The lowest BCUT2D eigenvalue weighted by molar-refractivity contribution is 0.598. The number of hydrogen-bond acceptors (Lipinski definition) is 6. The summed E-state index contributed by atoms with van der Waals surface area (Å²) in [7, 11) is -4.16. The average Bonchev–Trinajstić information content (AvgIpc) is 3.00. The molecule has 2 heterocycles. The topological polar surface area (TPSA) is 143 Å². The van der Waals surface area contributed by atoms with E-state index < -0.39 is 26.2 Å². The molecule has 3 rings (SSSR count). The molecule has 11 heteroatoms. The van der Waals surface area contributed by atoms with Gasteiger partial charge in [0.25, 0.3) is 15.6 Å². The van der Waals surface area contributed by atoms with E-state index in [0.717, 1.165) is 0 Å². The van der Waals surface area contributed by atoms with Crippen LogP contribution >= 0.6 is 0 Å². The Balaban J connectivity index is 1.93. The number of nitrogens with zero attached hydrogens (tertiary/aromatic N) is 3. The fourth-order valence-corrected chi connectivity index (χ4v) is 3.44. The second-order valence-electron chi connectivity index (χ2n) is 4.85. The molecule has 0 aliphatic carbocycles. The first-order valence-corrected chi connectivity index (χ1v) is 8.16. The van der Waals surface area contributed by atoms with Gasteiger partial charge in [-0.2, -0.15) is 5.10 Å². The number of rotatable bonds is 4. The number of nitrogens with one attached hydrogen (secondary N) is 3. The van der Waals surface area contributed by atoms with Crippen LogP contribution in [0.15, 0.2) is 51.4 Å². The number of H-pyrrole nitrogens is 2. The van der Waals surface area contributed by atoms with Crippen LogP contribution in [-0.2, 0) is 10.0 Å². The van der Waals surface area contributed by atoms with E-state index in [1.807, 2.05) is 4.98 Å². The lowest BCUT2D eigenvalue weighted by atomic mass is 10.3. The van der Waals surface area contributed by atoms with Crippen LogP contribution in [0.5, 0.6) is 0 Å². The van der Waals surface area contributed by atoms with E-state index in [1.54, 1.807) is 12.1 Å². The molecular formula is C13H12N6O4S. The van der Waals surface area contributed by atoms with Gasteiger partial charge in [-0.1, -0.05) is 0 Å². The van der Waals surface area contributed by atoms with Gasteiger partial charge in [-0.15, -0.1) is 0 Å².